The topological polar surface area (TPSA) is 102 Å². The van der Waals surface area contributed by atoms with E-state index >= 15 is 0 Å². The number of sulfone groups is 1. The van der Waals surface area contributed by atoms with Gasteiger partial charge in [0.15, 0.2) is 9.84 Å². The molecule has 7 nitrogen and oxygen atoms in total. The number of nitrogens with one attached hydrogen (secondary N) is 2. The average Bonchev–Trinajstić information content (AvgIpc) is 3.09. The fourth-order valence-corrected chi connectivity index (χ4v) is 4.86. The van der Waals surface area contributed by atoms with Crippen molar-refractivity contribution in [1.29, 1.82) is 0 Å². The first kappa shape index (κ1) is 22.1. The van der Waals surface area contributed by atoms with Gasteiger partial charge < -0.3 is 10.1 Å². The lowest BCUT2D eigenvalue weighted by Crippen LogP contribution is -2.28. The molecule has 0 aromatic heterocycles. The first-order valence-corrected chi connectivity index (χ1v) is 11.0. The third kappa shape index (κ3) is 6.78. The van der Waals surface area contributed by atoms with Crippen LogP contribution in [0.15, 0.2) is 18.2 Å². The third-order valence-electron chi connectivity index (χ3n) is 4.32. The van der Waals surface area contributed by atoms with Gasteiger partial charge in [-0.25, -0.2) is 17.6 Å². The fraction of sp³-hybridized carbons (Fsp3) is 0.579. The first-order chi connectivity index (χ1) is 13.0. The Morgan fingerprint density at radius 3 is 2.39 bits per heavy atom. The quantitative estimate of drug-likeness (QED) is 0.736. The summed E-state index contributed by atoms with van der Waals surface area (Å²) in [5, 5.41) is 4.55. The van der Waals surface area contributed by atoms with E-state index in [0.29, 0.717) is 12.8 Å². The second-order valence-electron chi connectivity index (χ2n) is 7.89. The van der Waals surface area contributed by atoms with Crippen LogP contribution in [-0.4, -0.2) is 37.0 Å². The summed E-state index contributed by atoms with van der Waals surface area (Å²) < 4.78 is 43.3. The summed E-state index contributed by atoms with van der Waals surface area (Å²) in [6.07, 6.45) is 2.06. The van der Waals surface area contributed by atoms with E-state index in [1.807, 2.05) is 0 Å². The summed E-state index contributed by atoms with van der Waals surface area (Å²) in [4.78, 5) is 24.1. The Bertz CT molecular complexity index is 827. The molecule has 1 fully saturated rings. The van der Waals surface area contributed by atoms with Crippen molar-refractivity contribution in [2.75, 3.05) is 16.4 Å². The Balaban J connectivity index is 2.01. The van der Waals surface area contributed by atoms with Crippen LogP contribution in [0.5, 0.6) is 0 Å². The summed E-state index contributed by atoms with van der Waals surface area (Å²) >= 11 is 0. The summed E-state index contributed by atoms with van der Waals surface area (Å²) in [7, 11) is -3.33. The molecule has 156 valence electrons. The maximum Gasteiger partial charge on any atom is 0.412 e. The first-order valence-electron chi connectivity index (χ1n) is 9.27. The van der Waals surface area contributed by atoms with Crippen molar-refractivity contribution in [2.24, 2.45) is 0 Å². The van der Waals surface area contributed by atoms with Crippen molar-refractivity contribution < 1.29 is 27.1 Å². The number of hydrogen-bond acceptors (Lipinski definition) is 5. The zero-order valence-electron chi connectivity index (χ0n) is 16.4. The van der Waals surface area contributed by atoms with Crippen molar-refractivity contribution in [1.82, 2.24) is 0 Å². The lowest BCUT2D eigenvalue weighted by molar-refractivity contribution is -0.115. The molecular formula is C19H27FN2O5S. The van der Waals surface area contributed by atoms with Gasteiger partial charge in [0.25, 0.3) is 0 Å². The molecule has 0 bridgehead atoms. The van der Waals surface area contributed by atoms with Gasteiger partial charge in [-0.05, 0) is 51.8 Å². The van der Waals surface area contributed by atoms with Crippen LogP contribution in [-0.2, 0) is 19.4 Å². The lowest BCUT2D eigenvalue weighted by Gasteiger charge is -2.20. The van der Waals surface area contributed by atoms with E-state index in [-0.39, 0.29) is 28.8 Å². The summed E-state index contributed by atoms with van der Waals surface area (Å²) in [6.45, 7) is 5.10. The third-order valence-corrected chi connectivity index (χ3v) is 6.58. The molecule has 2 N–H and O–H groups in total. The van der Waals surface area contributed by atoms with E-state index < -0.39 is 33.3 Å². The zero-order valence-corrected chi connectivity index (χ0v) is 17.2. The number of carbonyl (C=O) groups is 2. The molecule has 9 heteroatoms. The highest BCUT2D eigenvalue weighted by atomic mass is 32.2. The maximum atomic E-state index is 13.6. The Labute approximate surface area is 164 Å². The van der Waals surface area contributed by atoms with Gasteiger partial charge in [0.1, 0.15) is 11.4 Å². The number of anilines is 2. The smallest absolute Gasteiger partial charge is 0.412 e. The van der Waals surface area contributed by atoms with E-state index in [0.717, 1.165) is 25.0 Å². The van der Waals surface area contributed by atoms with Crippen LogP contribution in [0.3, 0.4) is 0 Å². The van der Waals surface area contributed by atoms with Crippen molar-refractivity contribution in [3.63, 3.8) is 0 Å². The normalized spacial score (nSPS) is 15.3. The van der Waals surface area contributed by atoms with Gasteiger partial charge in [-0.2, -0.15) is 0 Å². The lowest BCUT2D eigenvalue weighted by atomic mass is 10.2. The van der Waals surface area contributed by atoms with Crippen LogP contribution in [0.4, 0.5) is 20.6 Å². The maximum absolute atomic E-state index is 13.6. The zero-order chi connectivity index (χ0) is 20.9. The molecule has 28 heavy (non-hydrogen) atoms. The van der Waals surface area contributed by atoms with Gasteiger partial charge in [0, 0.05) is 6.42 Å². The van der Waals surface area contributed by atoms with Crippen LogP contribution < -0.4 is 10.6 Å². The van der Waals surface area contributed by atoms with Crippen LogP contribution >= 0.6 is 0 Å². The predicted octanol–water partition coefficient (Wildman–Crippen LogP) is 3.86. The molecule has 2 rings (SSSR count). The van der Waals surface area contributed by atoms with Gasteiger partial charge >= 0.3 is 6.09 Å². The highest BCUT2D eigenvalue weighted by molar-refractivity contribution is 7.92. The highest BCUT2D eigenvalue weighted by Gasteiger charge is 2.29. The Kier molecular flexibility index (Phi) is 7.03. The molecule has 1 saturated carbocycles. The second-order valence-corrected chi connectivity index (χ2v) is 10.3. The van der Waals surface area contributed by atoms with Crippen LogP contribution in [0.2, 0.25) is 0 Å². The van der Waals surface area contributed by atoms with E-state index in [1.165, 1.54) is 6.07 Å². The van der Waals surface area contributed by atoms with E-state index in [2.05, 4.69) is 10.6 Å². The number of ether oxygens (including phenoxy) is 1. The molecule has 0 radical (unpaired) electrons. The number of rotatable bonds is 6. The molecule has 1 aromatic carbocycles. The molecule has 1 aliphatic carbocycles. The SMILES string of the molecule is CC(C)(C)OC(=O)Nc1ccc(F)cc1NC(=O)CCS(=O)(=O)C1CCCC1. The van der Waals surface area contributed by atoms with Gasteiger partial charge in [0.05, 0.1) is 22.4 Å². The number of benzene rings is 1. The molecule has 0 heterocycles. The standard InChI is InChI=1S/C19H27FN2O5S/c1-19(2,3)27-18(24)22-15-9-8-13(20)12-16(15)21-17(23)10-11-28(25,26)14-6-4-5-7-14/h8-9,12,14H,4-7,10-11H2,1-3H3,(H,21,23)(H,22,24). The molecule has 2 amide bonds. The van der Waals surface area contributed by atoms with Gasteiger partial charge in [-0.3, -0.25) is 10.1 Å². The Morgan fingerprint density at radius 1 is 1.14 bits per heavy atom. The monoisotopic (exact) mass is 414 g/mol. The van der Waals surface area contributed by atoms with Gasteiger partial charge in [-0.1, -0.05) is 12.8 Å². The van der Waals surface area contributed by atoms with Crippen molar-refractivity contribution >= 4 is 33.2 Å². The Morgan fingerprint density at radius 2 is 1.79 bits per heavy atom. The minimum atomic E-state index is -3.33. The predicted molar refractivity (Wildman–Crippen MR) is 106 cm³/mol. The van der Waals surface area contributed by atoms with E-state index in [4.69, 9.17) is 4.74 Å². The largest absolute Gasteiger partial charge is 0.444 e. The molecule has 1 aromatic rings. The highest BCUT2D eigenvalue weighted by Crippen LogP contribution is 2.26. The van der Waals surface area contributed by atoms with Crippen LogP contribution in [0.25, 0.3) is 0 Å². The van der Waals surface area contributed by atoms with Crippen molar-refractivity contribution in [2.45, 2.75) is 63.7 Å². The van der Waals surface area contributed by atoms with Crippen molar-refractivity contribution in [3.05, 3.63) is 24.0 Å². The number of carbonyl (C=O) groups excluding carboxylic acids is 2. The van der Waals surface area contributed by atoms with Gasteiger partial charge in [-0.15, -0.1) is 0 Å². The summed E-state index contributed by atoms with van der Waals surface area (Å²) in [5.41, 5.74) is -0.529. The molecule has 0 saturated heterocycles. The summed E-state index contributed by atoms with van der Waals surface area (Å²) in [6, 6.07) is 3.48. The molecular weight excluding hydrogens is 387 g/mol. The number of amides is 2. The van der Waals surface area contributed by atoms with E-state index in [9.17, 15) is 22.4 Å². The average molecular weight is 414 g/mol. The Hall–Kier alpha value is -2.16. The van der Waals surface area contributed by atoms with Crippen LogP contribution in [0.1, 0.15) is 52.9 Å². The molecule has 1 aliphatic rings. The molecule has 0 spiro atoms. The minimum absolute atomic E-state index is 0.0362. The number of halogens is 1. The summed E-state index contributed by atoms with van der Waals surface area (Å²) in [5.74, 6) is -1.43. The van der Waals surface area contributed by atoms with Crippen molar-refractivity contribution in [3.8, 4) is 0 Å². The molecule has 0 aliphatic heterocycles. The second kappa shape index (κ2) is 8.89. The number of hydrogen-bond donors (Lipinski definition) is 2. The minimum Gasteiger partial charge on any atom is -0.444 e. The fourth-order valence-electron chi connectivity index (χ4n) is 3.00. The molecule has 0 atom stereocenters. The van der Waals surface area contributed by atoms with Gasteiger partial charge in [0.2, 0.25) is 5.91 Å². The molecule has 0 unspecified atom stereocenters. The van der Waals surface area contributed by atoms with E-state index in [1.54, 1.807) is 20.8 Å². The van der Waals surface area contributed by atoms with Crippen LogP contribution in [0, 0.1) is 5.82 Å².